The Labute approximate surface area is 143 Å². The molecular weight excluding hydrogens is 300 g/mol. The van der Waals surface area contributed by atoms with Gasteiger partial charge in [0, 0.05) is 24.6 Å². The number of nitrogens with one attached hydrogen (secondary N) is 1. The minimum absolute atomic E-state index is 0.290. The number of aromatic nitrogens is 1. The Balaban J connectivity index is 1.43. The first kappa shape index (κ1) is 15.9. The molecule has 0 aliphatic heterocycles. The third-order valence-corrected chi connectivity index (χ3v) is 6.23. The van der Waals surface area contributed by atoms with Crippen molar-refractivity contribution in [2.45, 2.75) is 50.6 Å². The normalized spacial score (nSPS) is 29.2. The van der Waals surface area contributed by atoms with Crippen LogP contribution in [0.4, 0.5) is 0 Å². The molecule has 24 heavy (non-hydrogen) atoms. The molecule has 4 heteroatoms. The number of ether oxygens (including phenoxy) is 1. The molecule has 0 atom stereocenters. The number of methoxy groups -OCH3 is 1. The maximum Gasteiger partial charge on any atom is 0.116 e. The van der Waals surface area contributed by atoms with Crippen LogP contribution in [-0.2, 0) is 11.3 Å². The van der Waals surface area contributed by atoms with E-state index < -0.39 is 0 Å². The fourth-order valence-corrected chi connectivity index (χ4v) is 4.58. The number of aromatic hydroxyl groups is 1. The van der Waals surface area contributed by atoms with Crippen molar-refractivity contribution in [1.82, 2.24) is 10.3 Å². The van der Waals surface area contributed by atoms with Gasteiger partial charge in [0.2, 0.25) is 0 Å². The SMILES string of the molecule is COCC12CCC(NCc3ccc4cc(O)ccc4n3)(CC1)CC2. The summed E-state index contributed by atoms with van der Waals surface area (Å²) in [6, 6.07) is 9.44. The second-order valence-electron chi connectivity index (χ2n) is 7.75. The molecule has 1 heterocycles. The van der Waals surface area contributed by atoms with Gasteiger partial charge in [-0.1, -0.05) is 6.07 Å². The van der Waals surface area contributed by atoms with Crippen molar-refractivity contribution in [1.29, 1.82) is 0 Å². The van der Waals surface area contributed by atoms with E-state index in [0.717, 1.165) is 29.7 Å². The van der Waals surface area contributed by atoms with Crippen LogP contribution in [0.15, 0.2) is 30.3 Å². The average molecular weight is 326 g/mol. The zero-order valence-corrected chi connectivity index (χ0v) is 14.3. The molecule has 4 nitrogen and oxygen atoms in total. The van der Waals surface area contributed by atoms with Crippen LogP contribution >= 0.6 is 0 Å². The molecule has 3 fully saturated rings. The Hall–Kier alpha value is -1.65. The maximum atomic E-state index is 9.55. The molecule has 128 valence electrons. The summed E-state index contributed by atoms with van der Waals surface area (Å²) >= 11 is 0. The highest BCUT2D eigenvalue weighted by Crippen LogP contribution is 2.52. The van der Waals surface area contributed by atoms with E-state index in [0.29, 0.717) is 11.0 Å². The van der Waals surface area contributed by atoms with E-state index in [1.54, 1.807) is 12.1 Å². The smallest absolute Gasteiger partial charge is 0.116 e. The maximum absolute atomic E-state index is 9.55. The molecule has 2 bridgehead atoms. The van der Waals surface area contributed by atoms with Crippen LogP contribution in [0.3, 0.4) is 0 Å². The fourth-order valence-electron chi connectivity index (χ4n) is 4.58. The first-order valence-electron chi connectivity index (χ1n) is 8.95. The van der Waals surface area contributed by atoms with Crippen molar-refractivity contribution >= 4 is 10.9 Å². The Morgan fingerprint density at radius 2 is 1.83 bits per heavy atom. The van der Waals surface area contributed by atoms with Gasteiger partial charge in [-0.2, -0.15) is 0 Å². The second-order valence-corrected chi connectivity index (χ2v) is 7.75. The zero-order chi connectivity index (χ0) is 16.6. The predicted octanol–water partition coefficient (Wildman–Crippen LogP) is 3.77. The van der Waals surface area contributed by atoms with E-state index in [4.69, 9.17) is 9.72 Å². The largest absolute Gasteiger partial charge is 0.508 e. The average Bonchev–Trinajstić information content (AvgIpc) is 2.62. The van der Waals surface area contributed by atoms with Gasteiger partial charge in [-0.05, 0) is 68.2 Å². The van der Waals surface area contributed by atoms with Gasteiger partial charge in [0.05, 0.1) is 17.8 Å². The number of rotatable bonds is 5. The van der Waals surface area contributed by atoms with Crippen molar-refractivity contribution in [2.24, 2.45) is 5.41 Å². The first-order valence-corrected chi connectivity index (χ1v) is 8.95. The van der Waals surface area contributed by atoms with Gasteiger partial charge in [0.1, 0.15) is 5.75 Å². The third kappa shape index (κ3) is 2.89. The van der Waals surface area contributed by atoms with Crippen LogP contribution in [0.5, 0.6) is 5.75 Å². The van der Waals surface area contributed by atoms with Crippen molar-refractivity contribution < 1.29 is 9.84 Å². The lowest BCUT2D eigenvalue weighted by Gasteiger charge is -2.53. The van der Waals surface area contributed by atoms with E-state index in [1.807, 2.05) is 19.2 Å². The van der Waals surface area contributed by atoms with Gasteiger partial charge in [0.15, 0.2) is 0 Å². The molecule has 0 amide bonds. The van der Waals surface area contributed by atoms with E-state index >= 15 is 0 Å². The minimum atomic E-state index is 0.290. The lowest BCUT2D eigenvalue weighted by atomic mass is 9.57. The molecule has 2 N–H and O–H groups in total. The highest BCUT2D eigenvalue weighted by Gasteiger charge is 2.48. The van der Waals surface area contributed by atoms with Crippen molar-refractivity contribution in [3.8, 4) is 5.75 Å². The minimum Gasteiger partial charge on any atom is -0.508 e. The number of phenols is 1. The predicted molar refractivity (Wildman–Crippen MR) is 95.0 cm³/mol. The molecule has 3 aliphatic rings. The van der Waals surface area contributed by atoms with Crippen LogP contribution < -0.4 is 5.32 Å². The Kier molecular flexibility index (Phi) is 3.97. The van der Waals surface area contributed by atoms with Gasteiger partial charge in [-0.15, -0.1) is 0 Å². The standard InChI is InChI=1S/C20H26N2O2/c1-24-14-19-6-9-20(10-7-19,11-8-19)21-13-16-3-2-15-12-17(23)4-5-18(15)22-16/h2-5,12,21,23H,6-11,13-14H2,1H3. The molecule has 3 saturated carbocycles. The van der Waals surface area contributed by atoms with E-state index in [-0.39, 0.29) is 5.75 Å². The Morgan fingerprint density at radius 1 is 1.08 bits per heavy atom. The molecule has 3 aliphatic carbocycles. The Bertz CT molecular complexity index is 719. The summed E-state index contributed by atoms with van der Waals surface area (Å²) in [5.74, 6) is 0.290. The number of phenolic OH excluding ortho intramolecular Hbond substituents is 1. The molecule has 0 saturated heterocycles. The van der Waals surface area contributed by atoms with E-state index in [9.17, 15) is 5.11 Å². The summed E-state index contributed by atoms with van der Waals surface area (Å²) in [5, 5.41) is 14.4. The fraction of sp³-hybridized carbons (Fsp3) is 0.550. The molecule has 2 aromatic rings. The molecular formula is C20H26N2O2. The van der Waals surface area contributed by atoms with Crippen LogP contribution in [0, 0.1) is 5.41 Å². The first-order chi connectivity index (χ1) is 11.6. The molecule has 5 rings (SSSR count). The Morgan fingerprint density at radius 3 is 2.54 bits per heavy atom. The molecule has 1 aromatic carbocycles. The molecule has 0 radical (unpaired) electrons. The number of fused-ring (bicyclic) bond motifs is 4. The van der Waals surface area contributed by atoms with Gasteiger partial charge >= 0.3 is 0 Å². The summed E-state index contributed by atoms with van der Waals surface area (Å²) in [6.07, 6.45) is 7.57. The van der Waals surface area contributed by atoms with E-state index in [1.165, 1.54) is 38.5 Å². The summed E-state index contributed by atoms with van der Waals surface area (Å²) < 4.78 is 5.46. The third-order valence-electron chi connectivity index (χ3n) is 6.23. The highest BCUT2D eigenvalue weighted by molar-refractivity contribution is 5.80. The zero-order valence-electron chi connectivity index (χ0n) is 14.3. The van der Waals surface area contributed by atoms with Crippen molar-refractivity contribution in [3.63, 3.8) is 0 Å². The molecule has 1 aromatic heterocycles. The topological polar surface area (TPSA) is 54.4 Å². The summed E-state index contributed by atoms with van der Waals surface area (Å²) in [6.45, 7) is 1.73. The number of pyridine rings is 1. The van der Waals surface area contributed by atoms with Crippen LogP contribution in [0.1, 0.15) is 44.2 Å². The number of hydrogen-bond acceptors (Lipinski definition) is 4. The summed E-state index contributed by atoms with van der Waals surface area (Å²) in [7, 11) is 1.83. The van der Waals surface area contributed by atoms with Crippen LogP contribution in [-0.4, -0.2) is 29.3 Å². The number of hydrogen-bond donors (Lipinski definition) is 2. The summed E-state index contributed by atoms with van der Waals surface area (Å²) in [4.78, 5) is 4.73. The number of benzene rings is 1. The number of nitrogens with zero attached hydrogens (tertiary/aromatic N) is 1. The molecule has 0 unspecified atom stereocenters. The highest BCUT2D eigenvalue weighted by atomic mass is 16.5. The van der Waals surface area contributed by atoms with Gasteiger partial charge in [0.25, 0.3) is 0 Å². The second kappa shape index (κ2) is 6.01. The lowest BCUT2D eigenvalue weighted by molar-refractivity contribution is -0.0319. The van der Waals surface area contributed by atoms with Crippen LogP contribution in [0.2, 0.25) is 0 Å². The van der Waals surface area contributed by atoms with Crippen molar-refractivity contribution in [3.05, 3.63) is 36.0 Å². The van der Waals surface area contributed by atoms with Crippen LogP contribution in [0.25, 0.3) is 10.9 Å². The van der Waals surface area contributed by atoms with Crippen molar-refractivity contribution in [2.75, 3.05) is 13.7 Å². The summed E-state index contributed by atoms with van der Waals surface area (Å²) in [5.41, 5.74) is 2.75. The van der Waals surface area contributed by atoms with Gasteiger partial charge < -0.3 is 15.2 Å². The quantitative estimate of drug-likeness (QED) is 0.878. The van der Waals surface area contributed by atoms with E-state index in [2.05, 4.69) is 11.4 Å². The van der Waals surface area contributed by atoms with Gasteiger partial charge in [-0.3, -0.25) is 4.98 Å². The van der Waals surface area contributed by atoms with Gasteiger partial charge in [-0.25, -0.2) is 0 Å². The monoisotopic (exact) mass is 326 g/mol. The lowest BCUT2D eigenvalue weighted by Crippen LogP contribution is -2.55. The molecule has 0 spiro atoms.